The van der Waals surface area contributed by atoms with Crippen LogP contribution >= 0.6 is 0 Å². The van der Waals surface area contributed by atoms with Crippen molar-refractivity contribution in [3.05, 3.63) is 29.8 Å². The molecule has 0 unspecified atom stereocenters. The van der Waals surface area contributed by atoms with Crippen LogP contribution in [-0.2, 0) is 4.79 Å². The molecule has 0 radical (unpaired) electrons. The summed E-state index contributed by atoms with van der Waals surface area (Å²) >= 11 is 0. The fraction of sp³-hybridized carbons (Fsp3) is 0.533. The van der Waals surface area contributed by atoms with Crippen molar-refractivity contribution in [1.82, 2.24) is 0 Å². The number of rotatable bonds is 7. The average Bonchev–Trinajstić information content (AvgIpc) is 2.61. The molecule has 0 aromatic heterocycles. The van der Waals surface area contributed by atoms with Crippen molar-refractivity contribution in [3.63, 3.8) is 0 Å². The van der Waals surface area contributed by atoms with Crippen LogP contribution in [0.15, 0.2) is 24.3 Å². The number of hydrogen-bond acceptors (Lipinski definition) is 2. The van der Waals surface area contributed by atoms with E-state index in [4.69, 9.17) is 0 Å². The number of hydrogen-bond donors (Lipinski definition) is 0. The van der Waals surface area contributed by atoms with E-state index in [1.807, 2.05) is 0 Å². The Morgan fingerprint density at radius 1 is 0.594 bits per heavy atom. The number of ether oxygens (including phenoxy) is 1. The molecule has 0 saturated heterocycles. The van der Waals surface area contributed by atoms with Crippen molar-refractivity contribution in [1.29, 1.82) is 0 Å². The van der Waals surface area contributed by atoms with E-state index in [1.165, 1.54) is 6.92 Å². The van der Waals surface area contributed by atoms with E-state index in [0.717, 1.165) is 12.1 Å². The molecule has 0 bridgehead atoms. The Morgan fingerprint density at radius 3 is 1.31 bits per heavy atom. The highest BCUT2D eigenvalue weighted by Crippen LogP contribution is 2.62. The lowest BCUT2D eigenvalue weighted by molar-refractivity contribution is -0.450. The summed E-state index contributed by atoms with van der Waals surface area (Å²) in [6.45, 7) is 1.37. The molecule has 17 heteroatoms. The van der Waals surface area contributed by atoms with Gasteiger partial charge >= 0.3 is 47.7 Å². The number of alkyl halides is 15. The number of esters is 1. The molecule has 1 rings (SSSR count). The van der Waals surface area contributed by atoms with Gasteiger partial charge < -0.3 is 4.74 Å². The largest absolute Gasteiger partial charge is 0.460 e. The van der Waals surface area contributed by atoms with Crippen molar-refractivity contribution in [2.45, 2.75) is 48.6 Å². The Bertz CT molecular complexity index is 839. The zero-order valence-corrected chi connectivity index (χ0v) is 14.8. The monoisotopic (exact) mass is 504 g/mol. The number of halogens is 15. The summed E-state index contributed by atoms with van der Waals surface area (Å²) in [4.78, 5) is 11.2. The van der Waals surface area contributed by atoms with Crippen LogP contribution in [0.25, 0.3) is 0 Å². The van der Waals surface area contributed by atoms with E-state index in [0.29, 0.717) is 17.7 Å². The third-order valence-corrected chi connectivity index (χ3v) is 3.82. The Balaban J connectivity index is 3.47. The van der Waals surface area contributed by atoms with Gasteiger partial charge in [-0.15, -0.1) is 0 Å². The van der Waals surface area contributed by atoms with Crippen LogP contribution in [0, 0.1) is 6.92 Å². The fourth-order valence-corrected chi connectivity index (χ4v) is 1.87. The topological polar surface area (TPSA) is 26.3 Å². The van der Waals surface area contributed by atoms with E-state index < -0.39 is 53.4 Å². The first-order chi connectivity index (χ1) is 13.9. The molecule has 32 heavy (non-hydrogen) atoms. The van der Waals surface area contributed by atoms with Crippen LogP contribution < -0.4 is 4.74 Å². The quantitative estimate of drug-likeness (QED) is 0.249. The summed E-state index contributed by atoms with van der Waals surface area (Å²) in [6.07, 6.45) is -7.70. The summed E-state index contributed by atoms with van der Waals surface area (Å²) in [5, 5.41) is 0. The van der Waals surface area contributed by atoms with Gasteiger partial charge in [-0.1, -0.05) is 17.7 Å². The molecule has 0 N–H and O–H groups in total. The van der Waals surface area contributed by atoms with Gasteiger partial charge in [-0.25, -0.2) is 4.79 Å². The van der Waals surface area contributed by atoms with Gasteiger partial charge in [0.05, 0.1) is 0 Å². The molecule has 1 aromatic rings. The average molecular weight is 504 g/mol. The van der Waals surface area contributed by atoms with Gasteiger partial charge in [0, 0.05) is 0 Å². The van der Waals surface area contributed by atoms with Gasteiger partial charge in [0.2, 0.25) is 0 Å². The lowest BCUT2D eigenvalue weighted by Crippen LogP contribution is -2.73. The lowest BCUT2D eigenvalue weighted by Gasteiger charge is -2.40. The molecular weight excluding hydrogens is 497 g/mol. The Kier molecular flexibility index (Phi) is 6.58. The van der Waals surface area contributed by atoms with Crippen molar-refractivity contribution in [2.24, 2.45) is 0 Å². The second-order valence-corrected chi connectivity index (χ2v) is 6.15. The van der Waals surface area contributed by atoms with Gasteiger partial charge in [-0.05, 0) is 19.1 Å². The number of benzene rings is 1. The van der Waals surface area contributed by atoms with Crippen molar-refractivity contribution < 1.29 is 75.4 Å². The SMILES string of the molecule is Cc1ccc(OC(=O)C(F)(F)C(F)(F)C(F)(F)C(F)(F)C(F)(F)C(F)(F)C(F)(F)F)cc1. The van der Waals surface area contributed by atoms with Gasteiger partial charge in [-0.2, -0.15) is 65.9 Å². The Hall–Kier alpha value is -2.36. The zero-order chi connectivity index (χ0) is 25.8. The summed E-state index contributed by atoms with van der Waals surface area (Å²) in [5.41, 5.74) is 0.348. The summed E-state index contributed by atoms with van der Waals surface area (Å²) in [7, 11) is 0. The van der Waals surface area contributed by atoms with Crippen LogP contribution in [0.5, 0.6) is 5.75 Å². The van der Waals surface area contributed by atoms with Crippen LogP contribution in [0.3, 0.4) is 0 Å². The highest BCUT2D eigenvalue weighted by Gasteiger charge is 2.94. The highest BCUT2D eigenvalue weighted by atomic mass is 19.4. The molecular formula is C15H7F15O2. The molecule has 0 heterocycles. The first-order valence-corrected chi connectivity index (χ1v) is 7.52. The number of carbonyl (C=O) groups is 1. The van der Waals surface area contributed by atoms with Crippen LogP contribution in [0.4, 0.5) is 65.9 Å². The van der Waals surface area contributed by atoms with Crippen molar-refractivity contribution in [2.75, 3.05) is 0 Å². The number of aryl methyl sites for hydroxylation is 1. The van der Waals surface area contributed by atoms with Crippen molar-refractivity contribution in [3.8, 4) is 5.75 Å². The smallest absolute Gasteiger partial charge is 0.422 e. The first-order valence-electron chi connectivity index (χ1n) is 7.52. The molecule has 0 aliphatic carbocycles. The fourth-order valence-electron chi connectivity index (χ4n) is 1.87. The van der Waals surface area contributed by atoms with Crippen LogP contribution in [0.1, 0.15) is 5.56 Å². The molecule has 0 aliphatic rings. The molecule has 0 amide bonds. The predicted molar refractivity (Wildman–Crippen MR) is 72.6 cm³/mol. The number of carbonyl (C=O) groups excluding carboxylic acids is 1. The van der Waals surface area contributed by atoms with Gasteiger partial charge in [0.25, 0.3) is 0 Å². The van der Waals surface area contributed by atoms with Gasteiger partial charge in [-0.3, -0.25) is 0 Å². The normalized spacial score (nSPS) is 15.0. The molecule has 0 saturated carbocycles. The second kappa shape index (κ2) is 7.60. The van der Waals surface area contributed by atoms with E-state index in [1.54, 1.807) is 0 Å². The van der Waals surface area contributed by atoms with E-state index in [9.17, 15) is 70.7 Å². The maximum Gasteiger partial charge on any atom is 0.460 e. The third kappa shape index (κ3) is 3.82. The van der Waals surface area contributed by atoms with Crippen LogP contribution in [-0.4, -0.2) is 47.7 Å². The molecule has 1 aromatic carbocycles. The molecule has 2 nitrogen and oxygen atoms in total. The van der Waals surface area contributed by atoms with E-state index in [-0.39, 0.29) is 0 Å². The minimum absolute atomic E-state index is 0.348. The Labute approximate surface area is 166 Å². The zero-order valence-electron chi connectivity index (χ0n) is 14.8. The van der Waals surface area contributed by atoms with E-state index in [2.05, 4.69) is 4.74 Å². The summed E-state index contributed by atoms with van der Waals surface area (Å²) in [5.74, 6) is -53.1. The van der Waals surface area contributed by atoms with Gasteiger partial charge in [0.1, 0.15) is 5.75 Å². The van der Waals surface area contributed by atoms with Gasteiger partial charge in [0.15, 0.2) is 0 Å². The molecule has 0 atom stereocenters. The minimum Gasteiger partial charge on any atom is -0.422 e. The van der Waals surface area contributed by atoms with Crippen molar-refractivity contribution >= 4 is 5.97 Å². The van der Waals surface area contributed by atoms with Crippen LogP contribution in [0.2, 0.25) is 0 Å². The maximum atomic E-state index is 13.6. The summed E-state index contributed by atoms with van der Waals surface area (Å²) < 4.78 is 199. The summed E-state index contributed by atoms with van der Waals surface area (Å²) in [6, 6.07) is 3.21. The Morgan fingerprint density at radius 2 is 0.938 bits per heavy atom. The second-order valence-electron chi connectivity index (χ2n) is 6.15. The lowest BCUT2D eigenvalue weighted by atomic mass is 9.91. The molecule has 0 aliphatic heterocycles. The first kappa shape index (κ1) is 27.7. The maximum absolute atomic E-state index is 13.6. The minimum atomic E-state index is -8.46. The molecule has 0 fully saturated rings. The predicted octanol–water partition coefficient (Wildman–Crippen LogP) is 6.27. The molecule has 0 spiro atoms. The van der Waals surface area contributed by atoms with E-state index >= 15 is 0 Å². The standard InChI is InChI=1S/C15H7F15O2/c1-6-2-4-7(5-3-6)32-8(31)9(16,17)10(18,19)11(20,21)12(22,23)13(24,25)14(26,27)15(28,29)30/h2-5H,1H3. The molecule has 184 valence electrons. The third-order valence-electron chi connectivity index (χ3n) is 3.82. The highest BCUT2D eigenvalue weighted by molar-refractivity contribution is 5.81.